The molecule has 0 spiro atoms. The van der Waals surface area contributed by atoms with E-state index in [1.54, 1.807) is 21.1 Å². The standard InChI is InChI=1S/C15H23NO3/c1-11(17)15-13(7-4-8-14(15)19-3)16-9-5-6-12(10-16)18-2/h4,7-8,11-12,17H,5-6,9-10H2,1-3H3. The van der Waals surface area contributed by atoms with Crippen LogP contribution < -0.4 is 9.64 Å². The van der Waals surface area contributed by atoms with Crippen molar-refractivity contribution in [3.05, 3.63) is 23.8 Å². The van der Waals surface area contributed by atoms with Gasteiger partial charge in [-0.05, 0) is 31.9 Å². The van der Waals surface area contributed by atoms with Crippen molar-refractivity contribution in [2.24, 2.45) is 0 Å². The van der Waals surface area contributed by atoms with Gasteiger partial charge < -0.3 is 19.5 Å². The van der Waals surface area contributed by atoms with E-state index in [-0.39, 0.29) is 6.10 Å². The largest absolute Gasteiger partial charge is 0.496 e. The number of anilines is 1. The summed E-state index contributed by atoms with van der Waals surface area (Å²) in [6.45, 7) is 3.63. The van der Waals surface area contributed by atoms with Crippen LogP contribution in [0.15, 0.2) is 18.2 Å². The summed E-state index contributed by atoms with van der Waals surface area (Å²) in [4.78, 5) is 2.28. The van der Waals surface area contributed by atoms with E-state index in [1.165, 1.54) is 0 Å². The fourth-order valence-electron chi connectivity index (χ4n) is 2.76. The van der Waals surface area contributed by atoms with Crippen LogP contribution in [0.5, 0.6) is 5.75 Å². The number of piperidine rings is 1. The number of hydrogen-bond donors (Lipinski definition) is 1. The van der Waals surface area contributed by atoms with E-state index in [0.29, 0.717) is 0 Å². The monoisotopic (exact) mass is 265 g/mol. The Labute approximate surface area is 114 Å². The molecule has 1 saturated heterocycles. The zero-order valence-corrected chi connectivity index (χ0v) is 11.9. The third-order valence-corrected chi connectivity index (χ3v) is 3.73. The number of benzene rings is 1. The maximum absolute atomic E-state index is 10.0. The zero-order chi connectivity index (χ0) is 13.8. The lowest BCUT2D eigenvalue weighted by atomic mass is 10.0. The van der Waals surface area contributed by atoms with E-state index in [0.717, 1.165) is 42.9 Å². The van der Waals surface area contributed by atoms with E-state index >= 15 is 0 Å². The second-order valence-electron chi connectivity index (χ2n) is 5.02. The van der Waals surface area contributed by atoms with Crippen molar-refractivity contribution < 1.29 is 14.6 Å². The molecule has 1 aromatic carbocycles. The highest BCUT2D eigenvalue weighted by Gasteiger charge is 2.24. The van der Waals surface area contributed by atoms with Crippen LogP contribution in [0.4, 0.5) is 5.69 Å². The second kappa shape index (κ2) is 6.26. The highest BCUT2D eigenvalue weighted by molar-refractivity contribution is 5.60. The Bertz CT molecular complexity index is 420. The molecule has 2 rings (SSSR count). The fraction of sp³-hybridized carbons (Fsp3) is 0.600. The van der Waals surface area contributed by atoms with Crippen LogP contribution in [-0.4, -0.2) is 38.5 Å². The smallest absolute Gasteiger partial charge is 0.126 e. The first-order valence-electron chi connectivity index (χ1n) is 6.80. The molecule has 0 radical (unpaired) electrons. The molecule has 106 valence electrons. The SMILES string of the molecule is COc1cccc(N2CCCC(OC)C2)c1C(C)O. The molecule has 19 heavy (non-hydrogen) atoms. The molecule has 1 fully saturated rings. The Kier molecular flexibility index (Phi) is 4.66. The molecule has 0 amide bonds. The van der Waals surface area contributed by atoms with Crippen LogP contribution >= 0.6 is 0 Å². The molecule has 0 saturated carbocycles. The van der Waals surface area contributed by atoms with Crippen molar-refractivity contribution >= 4 is 5.69 Å². The number of rotatable bonds is 4. The summed E-state index contributed by atoms with van der Waals surface area (Å²) in [6.07, 6.45) is 1.92. The minimum atomic E-state index is -0.547. The normalized spacial score (nSPS) is 21.3. The van der Waals surface area contributed by atoms with Crippen molar-refractivity contribution in [1.82, 2.24) is 0 Å². The van der Waals surface area contributed by atoms with E-state index < -0.39 is 6.10 Å². The summed E-state index contributed by atoms with van der Waals surface area (Å²) in [5, 5.41) is 10.0. The van der Waals surface area contributed by atoms with Gasteiger partial charge in [-0.25, -0.2) is 0 Å². The Hall–Kier alpha value is -1.26. The molecule has 4 nitrogen and oxygen atoms in total. The van der Waals surface area contributed by atoms with Crippen molar-refractivity contribution in [1.29, 1.82) is 0 Å². The molecule has 4 heteroatoms. The molecular formula is C15H23NO3. The lowest BCUT2D eigenvalue weighted by molar-refractivity contribution is 0.0890. The maximum atomic E-state index is 10.0. The van der Waals surface area contributed by atoms with Gasteiger partial charge in [-0.2, -0.15) is 0 Å². The number of hydrogen-bond acceptors (Lipinski definition) is 4. The highest BCUT2D eigenvalue weighted by Crippen LogP contribution is 2.35. The molecule has 0 aliphatic carbocycles. The zero-order valence-electron chi connectivity index (χ0n) is 11.9. The molecule has 2 unspecified atom stereocenters. The minimum Gasteiger partial charge on any atom is -0.496 e. The number of nitrogens with zero attached hydrogens (tertiary/aromatic N) is 1. The quantitative estimate of drug-likeness (QED) is 0.907. The predicted octanol–water partition coefficient (Wildman–Crippen LogP) is 2.36. The first-order valence-corrected chi connectivity index (χ1v) is 6.80. The van der Waals surface area contributed by atoms with Gasteiger partial charge in [0, 0.05) is 31.5 Å². The molecular weight excluding hydrogens is 242 g/mol. The third-order valence-electron chi connectivity index (χ3n) is 3.73. The molecule has 0 aromatic heterocycles. The number of methoxy groups -OCH3 is 2. The molecule has 1 aromatic rings. The Morgan fingerprint density at radius 1 is 1.37 bits per heavy atom. The highest BCUT2D eigenvalue weighted by atomic mass is 16.5. The Morgan fingerprint density at radius 3 is 2.79 bits per heavy atom. The van der Waals surface area contributed by atoms with Crippen molar-refractivity contribution in [3.8, 4) is 5.75 Å². The first-order chi connectivity index (χ1) is 9.17. The van der Waals surface area contributed by atoms with Crippen LogP contribution in [-0.2, 0) is 4.74 Å². The van der Waals surface area contributed by atoms with Crippen molar-refractivity contribution in [3.63, 3.8) is 0 Å². The van der Waals surface area contributed by atoms with Crippen LogP contribution in [0.2, 0.25) is 0 Å². The molecule has 1 aliphatic heterocycles. The lowest BCUT2D eigenvalue weighted by Gasteiger charge is -2.35. The van der Waals surface area contributed by atoms with Gasteiger partial charge in [-0.3, -0.25) is 0 Å². The van der Waals surface area contributed by atoms with Crippen LogP contribution in [0.25, 0.3) is 0 Å². The van der Waals surface area contributed by atoms with Gasteiger partial charge >= 0.3 is 0 Å². The van der Waals surface area contributed by atoms with Crippen LogP contribution in [0.1, 0.15) is 31.4 Å². The van der Waals surface area contributed by atoms with Gasteiger partial charge in [0.1, 0.15) is 5.75 Å². The summed E-state index contributed by atoms with van der Waals surface area (Å²) in [5.74, 6) is 0.743. The predicted molar refractivity (Wildman–Crippen MR) is 75.9 cm³/mol. The van der Waals surface area contributed by atoms with E-state index in [9.17, 15) is 5.11 Å². The van der Waals surface area contributed by atoms with Crippen molar-refractivity contribution in [2.75, 3.05) is 32.2 Å². The summed E-state index contributed by atoms with van der Waals surface area (Å²) < 4.78 is 10.8. The Balaban J connectivity index is 2.33. The number of aliphatic hydroxyl groups is 1. The number of aliphatic hydroxyl groups excluding tert-OH is 1. The van der Waals surface area contributed by atoms with Crippen LogP contribution in [0, 0.1) is 0 Å². The average Bonchev–Trinajstić information content (AvgIpc) is 2.46. The molecule has 1 aliphatic rings. The third kappa shape index (κ3) is 3.01. The second-order valence-corrected chi connectivity index (χ2v) is 5.02. The molecule has 2 atom stereocenters. The summed E-state index contributed by atoms with van der Waals surface area (Å²) in [7, 11) is 3.40. The molecule has 1 N–H and O–H groups in total. The maximum Gasteiger partial charge on any atom is 0.126 e. The van der Waals surface area contributed by atoms with E-state index in [4.69, 9.17) is 9.47 Å². The lowest BCUT2D eigenvalue weighted by Crippen LogP contribution is -2.39. The van der Waals surface area contributed by atoms with E-state index in [1.807, 2.05) is 18.2 Å². The topological polar surface area (TPSA) is 41.9 Å². The fourth-order valence-corrected chi connectivity index (χ4v) is 2.76. The summed E-state index contributed by atoms with van der Waals surface area (Å²) in [6, 6.07) is 5.91. The summed E-state index contributed by atoms with van der Waals surface area (Å²) in [5.41, 5.74) is 1.91. The van der Waals surface area contributed by atoms with Gasteiger partial charge in [-0.15, -0.1) is 0 Å². The molecule has 0 bridgehead atoms. The van der Waals surface area contributed by atoms with Gasteiger partial charge in [0.2, 0.25) is 0 Å². The van der Waals surface area contributed by atoms with Crippen LogP contribution in [0.3, 0.4) is 0 Å². The van der Waals surface area contributed by atoms with Gasteiger partial charge in [0.25, 0.3) is 0 Å². The molecule has 1 heterocycles. The Morgan fingerprint density at radius 2 is 2.16 bits per heavy atom. The number of ether oxygens (including phenoxy) is 2. The van der Waals surface area contributed by atoms with E-state index in [2.05, 4.69) is 4.90 Å². The van der Waals surface area contributed by atoms with Crippen molar-refractivity contribution in [2.45, 2.75) is 32.0 Å². The minimum absolute atomic E-state index is 0.266. The summed E-state index contributed by atoms with van der Waals surface area (Å²) >= 11 is 0. The average molecular weight is 265 g/mol. The first kappa shape index (κ1) is 14.2. The van der Waals surface area contributed by atoms with Gasteiger partial charge in [0.15, 0.2) is 0 Å². The van der Waals surface area contributed by atoms with Gasteiger partial charge in [0.05, 0.1) is 19.3 Å². The van der Waals surface area contributed by atoms with Gasteiger partial charge in [-0.1, -0.05) is 6.07 Å².